The van der Waals surface area contributed by atoms with Crippen LogP contribution in [-0.2, 0) is 13.3 Å². The van der Waals surface area contributed by atoms with Gasteiger partial charge in [0.25, 0.3) is 0 Å². The molecule has 2 unspecified atom stereocenters. The van der Waals surface area contributed by atoms with Crippen molar-refractivity contribution in [3.8, 4) is 0 Å². The zero-order chi connectivity index (χ0) is 20.5. The summed E-state index contributed by atoms with van der Waals surface area (Å²) in [6.07, 6.45) is 17.0. The van der Waals surface area contributed by atoms with Crippen molar-refractivity contribution < 1.29 is 13.3 Å². The Kier molecular flexibility index (Phi) is 15.3. The molecular weight excluding hydrogens is 366 g/mol. The zero-order valence-electron chi connectivity index (χ0n) is 19.1. The average molecular weight is 414 g/mol. The van der Waals surface area contributed by atoms with Crippen molar-refractivity contribution in [2.24, 2.45) is 10.9 Å². The van der Waals surface area contributed by atoms with Crippen LogP contribution in [0.15, 0.2) is 4.99 Å². The lowest BCUT2D eigenvalue weighted by Gasteiger charge is -2.33. The summed E-state index contributed by atoms with van der Waals surface area (Å²) in [5.74, 6) is 0.893. The summed E-state index contributed by atoms with van der Waals surface area (Å²) in [6, 6.07) is 0.849. The first kappa shape index (κ1) is 25.8. The van der Waals surface area contributed by atoms with Gasteiger partial charge in [-0.2, -0.15) is 0 Å². The summed E-state index contributed by atoms with van der Waals surface area (Å²) < 4.78 is 19.1. The summed E-state index contributed by atoms with van der Waals surface area (Å²) >= 11 is 0. The van der Waals surface area contributed by atoms with Gasteiger partial charge in [0.15, 0.2) is 0 Å². The second-order valence-electron chi connectivity index (χ2n) is 8.43. The molecule has 0 amide bonds. The van der Waals surface area contributed by atoms with Crippen molar-refractivity contribution in [2.45, 2.75) is 116 Å². The fourth-order valence-electron chi connectivity index (χ4n) is 4.26. The topological polar surface area (TPSA) is 40.0 Å². The molecule has 0 aromatic heterocycles. The minimum absolute atomic E-state index is 0.279. The van der Waals surface area contributed by atoms with Crippen LogP contribution >= 0.6 is 0 Å². The summed E-state index contributed by atoms with van der Waals surface area (Å²) in [5.41, 5.74) is 0. The molecule has 0 bridgehead atoms. The molecule has 1 fully saturated rings. The summed E-state index contributed by atoms with van der Waals surface area (Å²) in [7, 11) is -2.63. The van der Waals surface area contributed by atoms with Crippen LogP contribution in [0.25, 0.3) is 0 Å². The lowest BCUT2D eigenvalue weighted by molar-refractivity contribution is 0.0238. The Morgan fingerprint density at radius 1 is 0.821 bits per heavy atom. The lowest BCUT2D eigenvalue weighted by Crippen LogP contribution is -2.48. The van der Waals surface area contributed by atoms with E-state index >= 15 is 0 Å². The standard InChI is InChI=1S/C23H47NO3Si/c1-5-25-28(26-6-2,21-15-20-24-4)27-23-18-13-9-7-8-11-16-22(3)17-12-10-14-19-23/h22-23H,4-21H2,1-3H3. The Morgan fingerprint density at radius 2 is 1.32 bits per heavy atom. The van der Waals surface area contributed by atoms with Crippen molar-refractivity contribution in [1.82, 2.24) is 0 Å². The third-order valence-corrected chi connectivity index (χ3v) is 8.94. The Bertz CT molecular complexity index is 375. The van der Waals surface area contributed by atoms with Crippen molar-refractivity contribution in [3.63, 3.8) is 0 Å². The molecule has 0 heterocycles. The molecule has 166 valence electrons. The van der Waals surface area contributed by atoms with Crippen LogP contribution in [0.3, 0.4) is 0 Å². The van der Waals surface area contributed by atoms with Gasteiger partial charge in [0.2, 0.25) is 0 Å². The number of hydrogen-bond donors (Lipinski definition) is 0. The monoisotopic (exact) mass is 413 g/mol. The molecule has 5 heteroatoms. The summed E-state index contributed by atoms with van der Waals surface area (Å²) in [5, 5.41) is 0. The first-order valence-electron chi connectivity index (χ1n) is 12.0. The molecule has 28 heavy (non-hydrogen) atoms. The van der Waals surface area contributed by atoms with E-state index in [1.165, 1.54) is 64.2 Å². The van der Waals surface area contributed by atoms with Gasteiger partial charge in [-0.1, -0.05) is 71.1 Å². The maximum absolute atomic E-state index is 6.72. The zero-order valence-corrected chi connectivity index (χ0v) is 20.1. The molecule has 0 saturated heterocycles. The highest BCUT2D eigenvalue weighted by atomic mass is 28.4. The van der Waals surface area contributed by atoms with Crippen molar-refractivity contribution in [3.05, 3.63) is 0 Å². The minimum atomic E-state index is -2.63. The Balaban J connectivity index is 2.69. The van der Waals surface area contributed by atoms with Crippen LogP contribution in [0.5, 0.6) is 0 Å². The molecule has 0 radical (unpaired) electrons. The first-order chi connectivity index (χ1) is 13.7. The molecule has 4 nitrogen and oxygen atoms in total. The molecule has 0 aromatic rings. The van der Waals surface area contributed by atoms with Crippen molar-refractivity contribution in [2.75, 3.05) is 19.8 Å². The van der Waals surface area contributed by atoms with E-state index in [2.05, 4.69) is 18.6 Å². The Labute approximate surface area is 176 Å². The van der Waals surface area contributed by atoms with E-state index < -0.39 is 8.80 Å². The largest absolute Gasteiger partial charge is 0.501 e. The van der Waals surface area contributed by atoms with Crippen LogP contribution in [0.1, 0.15) is 104 Å². The van der Waals surface area contributed by atoms with Crippen molar-refractivity contribution in [1.29, 1.82) is 0 Å². The number of rotatable bonds is 10. The predicted molar refractivity (Wildman–Crippen MR) is 122 cm³/mol. The highest BCUT2D eigenvalue weighted by Crippen LogP contribution is 2.26. The van der Waals surface area contributed by atoms with Crippen LogP contribution in [-0.4, -0.2) is 41.4 Å². The van der Waals surface area contributed by atoms with Gasteiger partial charge in [0.1, 0.15) is 0 Å². The molecule has 1 saturated carbocycles. The Hall–Kier alpha value is -0.233. The molecule has 0 N–H and O–H groups in total. The third-order valence-electron chi connectivity index (χ3n) is 5.82. The fourth-order valence-corrected chi connectivity index (χ4v) is 7.10. The van der Waals surface area contributed by atoms with E-state index in [0.29, 0.717) is 13.2 Å². The number of hydrogen-bond acceptors (Lipinski definition) is 4. The van der Waals surface area contributed by atoms with E-state index in [4.69, 9.17) is 13.3 Å². The molecular formula is C23H47NO3Si. The minimum Gasteiger partial charge on any atom is -0.374 e. The molecule has 1 rings (SSSR count). The van der Waals surface area contributed by atoms with Gasteiger partial charge in [0, 0.05) is 31.9 Å². The van der Waals surface area contributed by atoms with Gasteiger partial charge in [-0.05, 0) is 45.7 Å². The Morgan fingerprint density at radius 3 is 1.86 bits per heavy atom. The number of nitrogens with zero attached hydrogens (tertiary/aromatic N) is 1. The lowest BCUT2D eigenvalue weighted by atomic mass is 9.94. The highest BCUT2D eigenvalue weighted by Gasteiger charge is 2.42. The summed E-state index contributed by atoms with van der Waals surface area (Å²) in [6.45, 7) is 12.2. The molecule has 0 aliphatic heterocycles. The molecule has 2 atom stereocenters. The maximum Gasteiger partial charge on any atom is 0.501 e. The maximum atomic E-state index is 6.72. The predicted octanol–water partition coefficient (Wildman–Crippen LogP) is 6.81. The van der Waals surface area contributed by atoms with Gasteiger partial charge in [0.05, 0.1) is 0 Å². The average Bonchev–Trinajstić information content (AvgIpc) is 2.67. The third kappa shape index (κ3) is 11.7. The van der Waals surface area contributed by atoms with Gasteiger partial charge in [-0.15, -0.1) is 0 Å². The van der Waals surface area contributed by atoms with Crippen LogP contribution in [0.2, 0.25) is 6.04 Å². The second kappa shape index (κ2) is 16.6. The number of aliphatic imine (C=N–C) groups is 1. The van der Waals surface area contributed by atoms with E-state index in [-0.39, 0.29) is 6.10 Å². The second-order valence-corrected chi connectivity index (χ2v) is 11.1. The van der Waals surface area contributed by atoms with E-state index in [1.54, 1.807) is 0 Å². The van der Waals surface area contributed by atoms with E-state index in [1.807, 2.05) is 13.8 Å². The van der Waals surface area contributed by atoms with Gasteiger partial charge in [-0.25, -0.2) is 0 Å². The van der Waals surface area contributed by atoms with Crippen LogP contribution in [0, 0.1) is 5.92 Å². The van der Waals surface area contributed by atoms with Crippen LogP contribution in [0.4, 0.5) is 0 Å². The smallest absolute Gasteiger partial charge is 0.374 e. The van der Waals surface area contributed by atoms with E-state index in [9.17, 15) is 0 Å². The van der Waals surface area contributed by atoms with Crippen LogP contribution < -0.4 is 0 Å². The van der Waals surface area contributed by atoms with Crippen molar-refractivity contribution >= 4 is 15.5 Å². The van der Waals surface area contributed by atoms with Gasteiger partial charge >= 0.3 is 8.80 Å². The van der Waals surface area contributed by atoms with Gasteiger partial charge < -0.3 is 18.3 Å². The SMILES string of the molecule is C=NCCC[Si](OCC)(OCC)OC1CCCCCCCC(C)CCCCC1. The first-order valence-corrected chi connectivity index (χ1v) is 14.0. The molecule has 1 aliphatic carbocycles. The van der Waals surface area contributed by atoms with Gasteiger partial charge in [-0.3, -0.25) is 0 Å². The fraction of sp³-hybridized carbons (Fsp3) is 0.957. The molecule has 1 aliphatic rings. The quantitative estimate of drug-likeness (QED) is 0.224. The normalized spacial score (nSPS) is 23.8. The van der Waals surface area contributed by atoms with E-state index in [0.717, 1.165) is 37.8 Å². The molecule has 0 spiro atoms. The highest BCUT2D eigenvalue weighted by molar-refractivity contribution is 6.60. The summed E-state index contributed by atoms with van der Waals surface area (Å²) in [4.78, 5) is 4.00. The molecule has 0 aromatic carbocycles.